The number of hydrogen-bond donors (Lipinski definition) is 1. The molecular formula is C12H12BrClN2O. The second-order valence-corrected chi connectivity index (χ2v) is 4.90. The minimum Gasteiger partial charge on any atom is -0.495 e. The summed E-state index contributed by atoms with van der Waals surface area (Å²) >= 11 is 9.50. The van der Waals surface area contributed by atoms with Crippen LogP contribution in [0.3, 0.4) is 0 Å². The minimum atomic E-state index is 0.623. The number of aromatic nitrogens is 2. The first kappa shape index (κ1) is 12.5. The molecule has 3 nitrogen and oxygen atoms in total. The SMILES string of the molecule is COc1ccc(Cc2[nH]c(C)nc2Br)cc1Cl. The van der Waals surface area contributed by atoms with Gasteiger partial charge in [-0.05, 0) is 40.5 Å². The average Bonchev–Trinajstić information content (AvgIpc) is 2.58. The van der Waals surface area contributed by atoms with E-state index in [1.807, 2.05) is 25.1 Å². The monoisotopic (exact) mass is 314 g/mol. The van der Waals surface area contributed by atoms with Crippen molar-refractivity contribution in [3.05, 3.63) is 44.9 Å². The third-order valence-corrected chi connectivity index (χ3v) is 3.40. The van der Waals surface area contributed by atoms with Crippen molar-refractivity contribution in [1.29, 1.82) is 0 Å². The summed E-state index contributed by atoms with van der Waals surface area (Å²) in [5, 5.41) is 0.623. The number of nitrogens with one attached hydrogen (secondary N) is 1. The van der Waals surface area contributed by atoms with Crippen molar-refractivity contribution < 1.29 is 4.74 Å². The van der Waals surface area contributed by atoms with Gasteiger partial charge in [0.05, 0.1) is 17.8 Å². The van der Waals surface area contributed by atoms with E-state index in [0.717, 1.165) is 28.1 Å². The second-order valence-electron chi connectivity index (χ2n) is 3.74. The number of hydrogen-bond acceptors (Lipinski definition) is 2. The Hall–Kier alpha value is -1.00. The molecule has 2 rings (SSSR count). The quantitative estimate of drug-likeness (QED) is 0.937. The van der Waals surface area contributed by atoms with Gasteiger partial charge in [-0.2, -0.15) is 0 Å². The Morgan fingerprint density at radius 3 is 2.76 bits per heavy atom. The molecule has 0 atom stereocenters. The van der Waals surface area contributed by atoms with Gasteiger partial charge in [0.15, 0.2) is 0 Å². The van der Waals surface area contributed by atoms with E-state index in [-0.39, 0.29) is 0 Å². The smallest absolute Gasteiger partial charge is 0.137 e. The molecule has 0 fully saturated rings. The fourth-order valence-corrected chi connectivity index (χ4v) is 2.44. The van der Waals surface area contributed by atoms with Crippen molar-refractivity contribution >= 4 is 27.5 Å². The van der Waals surface area contributed by atoms with Gasteiger partial charge in [-0.15, -0.1) is 0 Å². The molecule has 1 aromatic carbocycles. The third kappa shape index (κ3) is 2.82. The number of ether oxygens (including phenoxy) is 1. The maximum absolute atomic E-state index is 6.08. The molecule has 0 aliphatic heterocycles. The van der Waals surface area contributed by atoms with Gasteiger partial charge in [-0.25, -0.2) is 4.98 Å². The van der Waals surface area contributed by atoms with Gasteiger partial charge >= 0.3 is 0 Å². The molecule has 0 saturated carbocycles. The number of halogens is 2. The van der Waals surface area contributed by atoms with Crippen LogP contribution in [-0.4, -0.2) is 17.1 Å². The van der Waals surface area contributed by atoms with Crippen LogP contribution >= 0.6 is 27.5 Å². The fraction of sp³-hybridized carbons (Fsp3) is 0.250. The van der Waals surface area contributed by atoms with Crippen LogP contribution in [0.15, 0.2) is 22.8 Å². The molecule has 0 amide bonds. The maximum atomic E-state index is 6.08. The highest BCUT2D eigenvalue weighted by atomic mass is 79.9. The predicted molar refractivity (Wildman–Crippen MR) is 71.8 cm³/mol. The van der Waals surface area contributed by atoms with E-state index in [1.54, 1.807) is 7.11 Å². The number of benzene rings is 1. The van der Waals surface area contributed by atoms with Crippen LogP contribution in [-0.2, 0) is 6.42 Å². The Morgan fingerprint density at radius 2 is 2.24 bits per heavy atom. The molecule has 0 saturated heterocycles. The summed E-state index contributed by atoms with van der Waals surface area (Å²) in [6.45, 7) is 1.93. The average molecular weight is 316 g/mol. The van der Waals surface area contributed by atoms with Crippen LogP contribution in [0.1, 0.15) is 17.1 Å². The molecule has 1 N–H and O–H groups in total. The number of aryl methyl sites for hydroxylation is 1. The van der Waals surface area contributed by atoms with Crippen molar-refractivity contribution in [3.63, 3.8) is 0 Å². The Morgan fingerprint density at radius 1 is 1.47 bits per heavy atom. The van der Waals surface area contributed by atoms with E-state index >= 15 is 0 Å². The van der Waals surface area contributed by atoms with Crippen LogP contribution in [0, 0.1) is 6.92 Å². The molecule has 1 aromatic heterocycles. The Kier molecular flexibility index (Phi) is 3.74. The van der Waals surface area contributed by atoms with Gasteiger partial charge in [0, 0.05) is 6.42 Å². The Labute approximate surface area is 113 Å². The summed E-state index contributed by atoms with van der Waals surface area (Å²) < 4.78 is 5.97. The summed E-state index contributed by atoms with van der Waals surface area (Å²) in [5.41, 5.74) is 2.16. The van der Waals surface area contributed by atoms with E-state index in [1.165, 1.54) is 0 Å². The van der Waals surface area contributed by atoms with Crippen LogP contribution in [0.5, 0.6) is 5.75 Å². The van der Waals surface area contributed by atoms with Gasteiger partial charge in [0.2, 0.25) is 0 Å². The van der Waals surface area contributed by atoms with Crippen LogP contribution in [0.4, 0.5) is 0 Å². The maximum Gasteiger partial charge on any atom is 0.137 e. The van der Waals surface area contributed by atoms with E-state index < -0.39 is 0 Å². The molecule has 0 aliphatic carbocycles. The van der Waals surface area contributed by atoms with Gasteiger partial charge in [0.25, 0.3) is 0 Å². The number of methoxy groups -OCH3 is 1. The molecule has 0 unspecified atom stereocenters. The van der Waals surface area contributed by atoms with E-state index in [4.69, 9.17) is 16.3 Å². The lowest BCUT2D eigenvalue weighted by molar-refractivity contribution is 0.415. The summed E-state index contributed by atoms with van der Waals surface area (Å²) in [6.07, 6.45) is 0.755. The normalized spacial score (nSPS) is 10.6. The van der Waals surface area contributed by atoms with Gasteiger partial charge in [-0.3, -0.25) is 0 Å². The van der Waals surface area contributed by atoms with E-state index in [9.17, 15) is 0 Å². The van der Waals surface area contributed by atoms with Crippen molar-refractivity contribution in [2.24, 2.45) is 0 Å². The third-order valence-electron chi connectivity index (χ3n) is 2.44. The summed E-state index contributed by atoms with van der Waals surface area (Å²) in [4.78, 5) is 7.48. The zero-order valence-electron chi connectivity index (χ0n) is 9.55. The van der Waals surface area contributed by atoms with Gasteiger partial charge < -0.3 is 9.72 Å². The van der Waals surface area contributed by atoms with E-state index in [0.29, 0.717) is 10.8 Å². The molecule has 0 aliphatic rings. The predicted octanol–water partition coefficient (Wildman–Crippen LogP) is 3.73. The zero-order valence-corrected chi connectivity index (χ0v) is 11.9. The number of imidazole rings is 1. The lowest BCUT2D eigenvalue weighted by Crippen LogP contribution is -1.91. The van der Waals surface area contributed by atoms with Crippen LogP contribution in [0.2, 0.25) is 5.02 Å². The number of nitrogens with zero attached hydrogens (tertiary/aromatic N) is 1. The molecule has 0 bridgehead atoms. The van der Waals surface area contributed by atoms with Crippen LogP contribution < -0.4 is 4.74 Å². The zero-order chi connectivity index (χ0) is 12.4. The molecule has 5 heteroatoms. The number of rotatable bonds is 3. The van der Waals surface area contributed by atoms with Crippen molar-refractivity contribution in [3.8, 4) is 5.75 Å². The van der Waals surface area contributed by atoms with Crippen molar-refractivity contribution in [2.45, 2.75) is 13.3 Å². The summed E-state index contributed by atoms with van der Waals surface area (Å²) in [5.74, 6) is 1.58. The van der Waals surface area contributed by atoms with Gasteiger partial charge in [0.1, 0.15) is 16.2 Å². The molecule has 1 heterocycles. The largest absolute Gasteiger partial charge is 0.495 e. The standard InChI is InChI=1S/C12H12BrClN2O/c1-7-15-10(12(13)16-7)6-8-3-4-11(17-2)9(14)5-8/h3-5H,6H2,1-2H3,(H,15,16). The second kappa shape index (κ2) is 5.10. The molecule has 17 heavy (non-hydrogen) atoms. The molecular weight excluding hydrogens is 304 g/mol. The molecule has 0 radical (unpaired) electrons. The van der Waals surface area contributed by atoms with Gasteiger partial charge in [-0.1, -0.05) is 17.7 Å². The molecule has 2 aromatic rings. The fourth-order valence-electron chi connectivity index (χ4n) is 1.65. The number of aromatic amines is 1. The summed E-state index contributed by atoms with van der Waals surface area (Å²) in [7, 11) is 1.61. The first-order chi connectivity index (χ1) is 8.10. The molecule has 90 valence electrons. The van der Waals surface area contributed by atoms with Crippen molar-refractivity contribution in [1.82, 2.24) is 9.97 Å². The summed E-state index contributed by atoms with van der Waals surface area (Å²) in [6, 6.07) is 5.77. The first-order valence-electron chi connectivity index (χ1n) is 5.13. The first-order valence-corrected chi connectivity index (χ1v) is 6.30. The molecule has 0 spiro atoms. The minimum absolute atomic E-state index is 0.623. The lowest BCUT2D eigenvalue weighted by Gasteiger charge is -2.05. The highest BCUT2D eigenvalue weighted by Gasteiger charge is 2.08. The highest BCUT2D eigenvalue weighted by Crippen LogP contribution is 2.26. The Balaban J connectivity index is 2.24. The lowest BCUT2D eigenvalue weighted by atomic mass is 10.1. The van der Waals surface area contributed by atoms with Crippen molar-refractivity contribution in [2.75, 3.05) is 7.11 Å². The van der Waals surface area contributed by atoms with Crippen LogP contribution in [0.25, 0.3) is 0 Å². The highest BCUT2D eigenvalue weighted by molar-refractivity contribution is 9.10. The Bertz CT molecular complexity index is 539. The topological polar surface area (TPSA) is 37.9 Å². The number of H-pyrrole nitrogens is 1. The van der Waals surface area contributed by atoms with E-state index in [2.05, 4.69) is 25.9 Å².